The molecule has 0 aliphatic carbocycles. The van der Waals surface area contributed by atoms with Crippen LogP contribution in [0.3, 0.4) is 0 Å². The van der Waals surface area contributed by atoms with Crippen LogP contribution in [0.4, 0.5) is 0 Å². The van der Waals surface area contributed by atoms with Crippen molar-refractivity contribution in [3.63, 3.8) is 0 Å². The van der Waals surface area contributed by atoms with Crippen LogP contribution < -0.4 is 5.32 Å². The number of amides is 2. The number of nitrogens with one attached hydrogen (secondary N) is 1. The van der Waals surface area contributed by atoms with Crippen LogP contribution in [0.15, 0.2) is 30.3 Å². The van der Waals surface area contributed by atoms with Crippen molar-refractivity contribution in [1.29, 1.82) is 0 Å². The van der Waals surface area contributed by atoms with Gasteiger partial charge in [-0.2, -0.15) is 0 Å². The fourth-order valence-electron chi connectivity index (χ4n) is 3.33. The molecule has 3 rings (SSSR count). The number of hydrogen-bond acceptors (Lipinski definition) is 3. The Kier molecular flexibility index (Phi) is 4.73. The number of benzene rings is 1. The van der Waals surface area contributed by atoms with Gasteiger partial charge in [0.1, 0.15) is 0 Å². The SMILES string of the molecule is O=C1CN(C(=O)[C@@H]2CCCN(Cc3ccccc3)C2)CCN1. The maximum Gasteiger partial charge on any atom is 0.239 e. The van der Waals surface area contributed by atoms with Crippen molar-refractivity contribution in [1.82, 2.24) is 15.1 Å². The lowest BCUT2D eigenvalue weighted by Crippen LogP contribution is -2.53. The van der Waals surface area contributed by atoms with Gasteiger partial charge >= 0.3 is 0 Å². The van der Waals surface area contributed by atoms with Crippen molar-refractivity contribution in [2.75, 3.05) is 32.7 Å². The van der Waals surface area contributed by atoms with E-state index in [1.165, 1.54) is 5.56 Å². The largest absolute Gasteiger partial charge is 0.353 e. The highest BCUT2D eigenvalue weighted by Gasteiger charge is 2.31. The van der Waals surface area contributed by atoms with Gasteiger partial charge < -0.3 is 10.2 Å². The lowest BCUT2D eigenvalue weighted by molar-refractivity contribution is -0.142. The summed E-state index contributed by atoms with van der Waals surface area (Å²) in [6.07, 6.45) is 1.98. The number of likely N-dealkylation sites (tertiary alicyclic amines) is 1. The highest BCUT2D eigenvalue weighted by Crippen LogP contribution is 2.21. The van der Waals surface area contributed by atoms with Crippen LogP contribution in [0.2, 0.25) is 0 Å². The predicted molar refractivity (Wildman–Crippen MR) is 84.0 cm³/mol. The Morgan fingerprint density at radius 2 is 2.05 bits per heavy atom. The first-order chi connectivity index (χ1) is 10.7. The fourth-order valence-corrected chi connectivity index (χ4v) is 3.33. The van der Waals surface area contributed by atoms with E-state index in [9.17, 15) is 9.59 Å². The molecular weight excluding hydrogens is 278 g/mol. The number of piperazine rings is 1. The van der Waals surface area contributed by atoms with Crippen LogP contribution in [-0.2, 0) is 16.1 Å². The second-order valence-electron chi connectivity index (χ2n) is 6.17. The first-order valence-electron chi connectivity index (χ1n) is 8.04. The summed E-state index contributed by atoms with van der Waals surface area (Å²) < 4.78 is 0. The molecule has 2 amide bonds. The molecule has 0 saturated carbocycles. The van der Waals surface area contributed by atoms with Crippen LogP contribution in [0, 0.1) is 5.92 Å². The second kappa shape index (κ2) is 6.92. The van der Waals surface area contributed by atoms with E-state index in [-0.39, 0.29) is 24.3 Å². The van der Waals surface area contributed by atoms with Crippen LogP contribution in [0.1, 0.15) is 18.4 Å². The van der Waals surface area contributed by atoms with Crippen molar-refractivity contribution in [3.8, 4) is 0 Å². The molecule has 2 aliphatic rings. The minimum Gasteiger partial charge on any atom is -0.353 e. The van der Waals surface area contributed by atoms with E-state index in [2.05, 4.69) is 22.3 Å². The molecule has 0 unspecified atom stereocenters. The van der Waals surface area contributed by atoms with Gasteiger partial charge in [0.2, 0.25) is 11.8 Å². The van der Waals surface area contributed by atoms with Crippen molar-refractivity contribution in [3.05, 3.63) is 35.9 Å². The summed E-state index contributed by atoms with van der Waals surface area (Å²) in [5, 5.41) is 2.77. The Labute approximate surface area is 131 Å². The predicted octanol–water partition coefficient (Wildman–Crippen LogP) is 0.857. The summed E-state index contributed by atoms with van der Waals surface area (Å²) >= 11 is 0. The van der Waals surface area contributed by atoms with Crippen molar-refractivity contribution in [2.45, 2.75) is 19.4 Å². The summed E-state index contributed by atoms with van der Waals surface area (Å²) in [5.41, 5.74) is 1.29. The zero-order chi connectivity index (χ0) is 15.4. The molecular formula is C17H23N3O2. The summed E-state index contributed by atoms with van der Waals surface area (Å²) in [6, 6.07) is 10.4. The second-order valence-corrected chi connectivity index (χ2v) is 6.17. The van der Waals surface area contributed by atoms with Gasteiger partial charge in [-0.3, -0.25) is 14.5 Å². The fraction of sp³-hybridized carbons (Fsp3) is 0.529. The highest BCUT2D eigenvalue weighted by molar-refractivity contribution is 5.87. The maximum atomic E-state index is 12.6. The van der Waals surface area contributed by atoms with Gasteiger partial charge in [-0.05, 0) is 24.9 Å². The quantitative estimate of drug-likeness (QED) is 0.901. The van der Waals surface area contributed by atoms with Gasteiger partial charge in [0.05, 0.1) is 12.5 Å². The molecule has 2 saturated heterocycles. The van der Waals surface area contributed by atoms with E-state index < -0.39 is 0 Å². The molecule has 1 atom stereocenters. The van der Waals surface area contributed by atoms with Crippen LogP contribution in [0.5, 0.6) is 0 Å². The monoisotopic (exact) mass is 301 g/mol. The van der Waals surface area contributed by atoms with Gasteiger partial charge in [-0.1, -0.05) is 30.3 Å². The van der Waals surface area contributed by atoms with E-state index in [0.717, 1.165) is 32.5 Å². The molecule has 2 heterocycles. The lowest BCUT2D eigenvalue weighted by Gasteiger charge is -2.36. The lowest BCUT2D eigenvalue weighted by atomic mass is 9.95. The molecule has 0 spiro atoms. The molecule has 0 aromatic heterocycles. The summed E-state index contributed by atoms with van der Waals surface area (Å²) in [6.45, 7) is 4.16. The number of nitrogens with zero attached hydrogens (tertiary/aromatic N) is 2. The zero-order valence-electron chi connectivity index (χ0n) is 12.8. The van der Waals surface area contributed by atoms with Crippen molar-refractivity contribution >= 4 is 11.8 Å². The number of carbonyl (C=O) groups is 2. The third-order valence-corrected chi connectivity index (χ3v) is 4.45. The average molecular weight is 301 g/mol. The molecule has 5 heteroatoms. The van der Waals surface area contributed by atoms with Gasteiger partial charge in [0, 0.05) is 26.2 Å². The summed E-state index contributed by atoms with van der Waals surface area (Å²) in [7, 11) is 0. The first kappa shape index (κ1) is 15.0. The Morgan fingerprint density at radius 3 is 2.82 bits per heavy atom. The van der Waals surface area contributed by atoms with E-state index in [0.29, 0.717) is 13.1 Å². The maximum absolute atomic E-state index is 12.6. The van der Waals surface area contributed by atoms with Crippen LogP contribution >= 0.6 is 0 Å². The molecule has 0 bridgehead atoms. The smallest absolute Gasteiger partial charge is 0.239 e. The number of rotatable bonds is 3. The van der Waals surface area contributed by atoms with E-state index >= 15 is 0 Å². The third kappa shape index (κ3) is 3.65. The Bertz CT molecular complexity index is 532. The Hall–Kier alpha value is -1.88. The summed E-state index contributed by atoms with van der Waals surface area (Å²) in [4.78, 5) is 28.1. The molecule has 2 aliphatic heterocycles. The van der Waals surface area contributed by atoms with Crippen molar-refractivity contribution in [2.24, 2.45) is 5.92 Å². The van der Waals surface area contributed by atoms with Crippen LogP contribution in [0.25, 0.3) is 0 Å². The third-order valence-electron chi connectivity index (χ3n) is 4.45. The number of carbonyl (C=O) groups excluding carboxylic acids is 2. The Balaban J connectivity index is 1.58. The molecule has 118 valence electrons. The summed E-state index contributed by atoms with van der Waals surface area (Å²) in [5.74, 6) is 0.132. The molecule has 0 radical (unpaired) electrons. The van der Waals surface area contributed by atoms with E-state index in [1.807, 2.05) is 18.2 Å². The van der Waals surface area contributed by atoms with Gasteiger partial charge in [-0.25, -0.2) is 0 Å². The number of hydrogen-bond donors (Lipinski definition) is 1. The number of piperidine rings is 1. The molecule has 5 nitrogen and oxygen atoms in total. The average Bonchev–Trinajstić information content (AvgIpc) is 2.55. The van der Waals surface area contributed by atoms with E-state index in [1.54, 1.807) is 4.90 Å². The Morgan fingerprint density at radius 1 is 1.23 bits per heavy atom. The van der Waals surface area contributed by atoms with Gasteiger partial charge in [0.25, 0.3) is 0 Å². The topological polar surface area (TPSA) is 52.7 Å². The minimum atomic E-state index is -0.0449. The standard InChI is InChI=1S/C17H23N3O2/c21-16-13-20(10-8-18-16)17(22)15-7-4-9-19(12-15)11-14-5-2-1-3-6-14/h1-3,5-6,15H,4,7-13H2,(H,18,21)/t15-/m1/s1. The normalized spacial score (nSPS) is 23.2. The van der Waals surface area contributed by atoms with E-state index in [4.69, 9.17) is 0 Å². The molecule has 1 aromatic carbocycles. The van der Waals surface area contributed by atoms with Gasteiger partial charge in [0.15, 0.2) is 0 Å². The highest BCUT2D eigenvalue weighted by atomic mass is 16.2. The molecule has 2 fully saturated rings. The molecule has 22 heavy (non-hydrogen) atoms. The molecule has 1 aromatic rings. The first-order valence-corrected chi connectivity index (χ1v) is 8.04. The van der Waals surface area contributed by atoms with Gasteiger partial charge in [-0.15, -0.1) is 0 Å². The minimum absolute atomic E-state index is 0.0309. The zero-order valence-corrected chi connectivity index (χ0v) is 12.8. The van der Waals surface area contributed by atoms with Crippen LogP contribution in [-0.4, -0.2) is 54.3 Å². The molecule has 1 N–H and O–H groups in total. The van der Waals surface area contributed by atoms with Crippen molar-refractivity contribution < 1.29 is 9.59 Å².